The van der Waals surface area contributed by atoms with Gasteiger partial charge < -0.3 is 9.47 Å². The van der Waals surface area contributed by atoms with Gasteiger partial charge in [-0.15, -0.1) is 0 Å². The summed E-state index contributed by atoms with van der Waals surface area (Å²) >= 11 is 0. The molecule has 0 radical (unpaired) electrons. The van der Waals surface area contributed by atoms with E-state index in [-0.39, 0.29) is 0 Å². The van der Waals surface area contributed by atoms with Gasteiger partial charge in [-0.05, 0) is 38.5 Å². The molecule has 9 heteroatoms. The van der Waals surface area contributed by atoms with Gasteiger partial charge in [-0.3, -0.25) is 4.55 Å². The van der Waals surface area contributed by atoms with Crippen molar-refractivity contribution >= 4 is 10.1 Å². The molecule has 0 aromatic rings. The lowest BCUT2D eigenvalue weighted by Crippen LogP contribution is -2.21. The second kappa shape index (κ2) is 10.4. The molecule has 2 aliphatic heterocycles. The Balaban J connectivity index is 0.000000274. The predicted molar refractivity (Wildman–Crippen MR) is 66.9 cm³/mol. The number of ether oxygens (including phenoxy) is 2. The van der Waals surface area contributed by atoms with E-state index in [2.05, 4.69) is 0 Å². The Morgan fingerprint density at radius 3 is 1.05 bits per heavy atom. The van der Waals surface area contributed by atoms with E-state index < -0.39 is 15.6 Å². The Morgan fingerprint density at radius 2 is 1.00 bits per heavy atom. The first-order chi connectivity index (χ1) is 9.25. The highest BCUT2D eigenvalue weighted by atomic mass is 32.2. The highest BCUT2D eigenvalue weighted by Gasteiger charge is 2.44. The van der Waals surface area contributed by atoms with Crippen LogP contribution in [0.15, 0.2) is 0 Å². The van der Waals surface area contributed by atoms with Crippen molar-refractivity contribution in [3.8, 4) is 0 Å². The lowest BCUT2D eigenvalue weighted by molar-refractivity contribution is -0.0510. The number of hydrogen-bond acceptors (Lipinski definition) is 4. The van der Waals surface area contributed by atoms with Crippen LogP contribution in [0.25, 0.3) is 0 Å². The number of rotatable bonds is 0. The van der Waals surface area contributed by atoms with Crippen molar-refractivity contribution in [1.82, 2.24) is 0 Å². The summed E-state index contributed by atoms with van der Waals surface area (Å²) < 4.78 is 67.7. The summed E-state index contributed by atoms with van der Waals surface area (Å²) in [5.74, 6) is 0. The average molecular weight is 322 g/mol. The smallest absolute Gasteiger partial charge is 0.381 e. The third-order valence-electron chi connectivity index (χ3n) is 2.45. The molecule has 0 saturated carbocycles. The molecule has 2 heterocycles. The summed E-state index contributed by atoms with van der Waals surface area (Å²) in [5, 5.41) is 0. The largest absolute Gasteiger partial charge is 0.522 e. The summed E-state index contributed by atoms with van der Waals surface area (Å²) in [6, 6.07) is 0. The average Bonchev–Trinajstić information content (AvgIpc) is 2.42. The van der Waals surface area contributed by atoms with E-state index >= 15 is 0 Å². The van der Waals surface area contributed by atoms with Gasteiger partial charge in [-0.2, -0.15) is 21.6 Å². The zero-order chi connectivity index (χ0) is 15.5. The molecule has 5 nitrogen and oxygen atoms in total. The molecule has 0 aromatic carbocycles. The van der Waals surface area contributed by atoms with Crippen molar-refractivity contribution in [3.05, 3.63) is 0 Å². The lowest BCUT2D eigenvalue weighted by atomic mass is 10.2. The third-order valence-corrected chi connectivity index (χ3v) is 3.03. The summed E-state index contributed by atoms with van der Waals surface area (Å²) in [6.07, 6.45) is 7.86. The molecule has 2 aliphatic rings. The van der Waals surface area contributed by atoms with E-state index in [1.807, 2.05) is 0 Å². The molecule has 0 spiro atoms. The normalized spacial score (nSPS) is 20.0. The SMILES string of the molecule is C1CCOCC1.C1CCOCC1.O=S(=O)(O)C(F)(F)F. The van der Waals surface area contributed by atoms with E-state index in [0.717, 1.165) is 26.4 Å². The topological polar surface area (TPSA) is 72.8 Å². The van der Waals surface area contributed by atoms with Crippen molar-refractivity contribution in [2.24, 2.45) is 0 Å². The minimum atomic E-state index is -5.84. The van der Waals surface area contributed by atoms with Crippen molar-refractivity contribution < 1.29 is 35.6 Å². The molecular formula is C11H21F3O5S. The first-order valence-corrected chi connectivity index (χ1v) is 7.88. The van der Waals surface area contributed by atoms with E-state index in [1.54, 1.807) is 0 Å². The molecule has 2 fully saturated rings. The monoisotopic (exact) mass is 322 g/mol. The van der Waals surface area contributed by atoms with Gasteiger partial charge in [-0.1, -0.05) is 0 Å². The summed E-state index contributed by atoms with van der Waals surface area (Å²) in [7, 11) is -5.84. The van der Waals surface area contributed by atoms with Gasteiger partial charge in [0.1, 0.15) is 0 Å². The number of alkyl halides is 3. The van der Waals surface area contributed by atoms with E-state index in [0.29, 0.717) is 0 Å². The fraction of sp³-hybridized carbons (Fsp3) is 1.00. The number of hydrogen-bond donors (Lipinski definition) is 1. The van der Waals surface area contributed by atoms with Crippen LogP contribution in [0.3, 0.4) is 0 Å². The molecule has 122 valence electrons. The van der Waals surface area contributed by atoms with Gasteiger partial charge in [0.05, 0.1) is 0 Å². The predicted octanol–water partition coefficient (Wildman–Crippen LogP) is 2.77. The van der Waals surface area contributed by atoms with Crippen LogP contribution in [0.4, 0.5) is 13.2 Å². The van der Waals surface area contributed by atoms with Crippen molar-refractivity contribution in [2.75, 3.05) is 26.4 Å². The molecule has 2 saturated heterocycles. The Bertz CT molecular complexity index is 286. The van der Waals surface area contributed by atoms with Crippen molar-refractivity contribution in [1.29, 1.82) is 0 Å². The van der Waals surface area contributed by atoms with Crippen LogP contribution in [-0.4, -0.2) is 44.9 Å². The minimum absolute atomic E-state index is 1.00. The maximum absolute atomic E-state index is 10.7. The minimum Gasteiger partial charge on any atom is -0.381 e. The van der Waals surface area contributed by atoms with Crippen LogP contribution in [0.2, 0.25) is 0 Å². The van der Waals surface area contributed by atoms with Crippen molar-refractivity contribution in [2.45, 2.75) is 44.0 Å². The lowest BCUT2D eigenvalue weighted by Gasteiger charge is -2.08. The second-order valence-corrected chi connectivity index (χ2v) is 5.68. The number of halogens is 3. The van der Waals surface area contributed by atoms with Gasteiger partial charge in [-0.25, -0.2) is 0 Å². The Hall–Kier alpha value is -0.380. The zero-order valence-electron chi connectivity index (χ0n) is 11.2. The Kier molecular flexibility index (Phi) is 10.2. The van der Waals surface area contributed by atoms with Crippen LogP contribution in [0.1, 0.15) is 38.5 Å². The first kappa shape index (κ1) is 19.6. The maximum atomic E-state index is 10.7. The van der Waals surface area contributed by atoms with Gasteiger partial charge in [0, 0.05) is 26.4 Å². The third kappa shape index (κ3) is 11.4. The van der Waals surface area contributed by atoms with Gasteiger partial charge in [0.25, 0.3) is 0 Å². The fourth-order valence-electron chi connectivity index (χ4n) is 1.37. The maximum Gasteiger partial charge on any atom is 0.522 e. The molecule has 0 unspecified atom stereocenters. The van der Waals surface area contributed by atoms with E-state index in [9.17, 15) is 13.2 Å². The van der Waals surface area contributed by atoms with Crippen LogP contribution >= 0.6 is 0 Å². The van der Waals surface area contributed by atoms with Gasteiger partial charge in [0.15, 0.2) is 0 Å². The van der Waals surface area contributed by atoms with Crippen LogP contribution in [0.5, 0.6) is 0 Å². The van der Waals surface area contributed by atoms with Crippen molar-refractivity contribution in [3.63, 3.8) is 0 Å². The summed E-state index contributed by atoms with van der Waals surface area (Å²) in [6.45, 7) is 4.00. The molecular weight excluding hydrogens is 301 g/mol. The molecule has 0 bridgehead atoms. The fourth-order valence-corrected chi connectivity index (χ4v) is 1.37. The van der Waals surface area contributed by atoms with Crippen LogP contribution < -0.4 is 0 Å². The molecule has 0 amide bonds. The van der Waals surface area contributed by atoms with Crippen LogP contribution in [0, 0.1) is 0 Å². The zero-order valence-corrected chi connectivity index (χ0v) is 12.0. The molecule has 0 aliphatic carbocycles. The summed E-state index contributed by atoms with van der Waals surface area (Å²) in [5.41, 5.74) is -5.53. The summed E-state index contributed by atoms with van der Waals surface area (Å²) in [4.78, 5) is 0. The molecule has 0 atom stereocenters. The van der Waals surface area contributed by atoms with Crippen LogP contribution in [-0.2, 0) is 19.6 Å². The van der Waals surface area contributed by atoms with Gasteiger partial charge >= 0.3 is 15.6 Å². The molecule has 1 N–H and O–H groups in total. The van der Waals surface area contributed by atoms with Gasteiger partial charge in [0.2, 0.25) is 0 Å². The van der Waals surface area contributed by atoms with E-state index in [4.69, 9.17) is 22.4 Å². The Morgan fingerprint density at radius 1 is 0.750 bits per heavy atom. The molecule has 20 heavy (non-hydrogen) atoms. The molecule has 0 aromatic heterocycles. The highest BCUT2D eigenvalue weighted by Crippen LogP contribution is 2.20. The standard InChI is InChI=1S/2C5H10O.CHF3O3S/c2*1-2-4-6-5-3-1;2-1(3,4)8(5,6)7/h2*1-5H2;(H,5,6,7). The quantitative estimate of drug-likeness (QED) is 0.548. The Labute approximate surface area is 117 Å². The van der Waals surface area contributed by atoms with E-state index in [1.165, 1.54) is 38.5 Å². The molecule has 2 rings (SSSR count). The highest BCUT2D eigenvalue weighted by molar-refractivity contribution is 7.86. The second-order valence-electron chi connectivity index (χ2n) is 4.27. The first-order valence-electron chi connectivity index (χ1n) is 6.44.